The first-order valence-corrected chi connectivity index (χ1v) is 6.66. The lowest BCUT2D eigenvalue weighted by Gasteiger charge is -2.18. The highest BCUT2D eigenvalue weighted by molar-refractivity contribution is 9.10. The molecule has 1 aromatic carbocycles. The second-order valence-corrected chi connectivity index (χ2v) is 5.14. The van der Waals surface area contributed by atoms with Crippen LogP contribution in [0.5, 0.6) is 11.5 Å². The first-order chi connectivity index (χ1) is 8.24. The van der Waals surface area contributed by atoms with Crippen LogP contribution in [0.15, 0.2) is 16.6 Å². The lowest BCUT2D eigenvalue weighted by atomic mass is 10.2. The lowest BCUT2D eigenvalue weighted by Crippen LogP contribution is -2.18. The van der Waals surface area contributed by atoms with E-state index in [1.54, 1.807) is 14.2 Å². The van der Waals surface area contributed by atoms with Crippen molar-refractivity contribution in [2.75, 3.05) is 27.3 Å². The molecule has 0 bridgehead atoms. The molecule has 0 aliphatic carbocycles. The number of likely N-dealkylation sites (tertiary alicyclic amines) is 1. The summed E-state index contributed by atoms with van der Waals surface area (Å²) in [6, 6.07) is 4.03. The summed E-state index contributed by atoms with van der Waals surface area (Å²) >= 11 is 3.52. The van der Waals surface area contributed by atoms with E-state index in [4.69, 9.17) is 9.47 Å². The Morgan fingerprint density at radius 1 is 1.12 bits per heavy atom. The molecule has 0 spiro atoms. The normalized spacial score (nSPS) is 16.2. The molecule has 1 aliphatic rings. The van der Waals surface area contributed by atoms with Gasteiger partial charge in [0, 0.05) is 18.2 Å². The minimum Gasteiger partial charge on any atom is -0.496 e. The Bertz CT molecular complexity index is 389. The first kappa shape index (κ1) is 12.7. The van der Waals surface area contributed by atoms with Gasteiger partial charge < -0.3 is 9.47 Å². The summed E-state index contributed by atoms with van der Waals surface area (Å²) < 4.78 is 11.7. The Balaban J connectivity index is 2.22. The number of halogens is 1. The summed E-state index contributed by atoms with van der Waals surface area (Å²) in [7, 11) is 3.37. The molecule has 0 amide bonds. The number of rotatable bonds is 4. The van der Waals surface area contributed by atoms with Crippen LogP contribution in [0.4, 0.5) is 0 Å². The van der Waals surface area contributed by atoms with Crippen molar-refractivity contribution in [1.29, 1.82) is 0 Å². The fraction of sp³-hybridized carbons (Fsp3) is 0.538. The monoisotopic (exact) mass is 299 g/mol. The zero-order valence-corrected chi connectivity index (χ0v) is 11.9. The van der Waals surface area contributed by atoms with Crippen molar-refractivity contribution in [2.45, 2.75) is 19.4 Å². The van der Waals surface area contributed by atoms with Crippen LogP contribution in [-0.2, 0) is 6.54 Å². The molecule has 0 atom stereocenters. The highest BCUT2D eigenvalue weighted by Gasteiger charge is 2.16. The van der Waals surface area contributed by atoms with Crippen molar-refractivity contribution < 1.29 is 9.47 Å². The maximum absolute atomic E-state index is 5.43. The molecule has 0 radical (unpaired) electrons. The summed E-state index contributed by atoms with van der Waals surface area (Å²) in [4.78, 5) is 2.46. The van der Waals surface area contributed by atoms with Gasteiger partial charge in [-0.15, -0.1) is 0 Å². The van der Waals surface area contributed by atoms with Crippen molar-refractivity contribution in [3.05, 3.63) is 22.2 Å². The van der Waals surface area contributed by atoms with E-state index in [0.717, 1.165) is 22.5 Å². The van der Waals surface area contributed by atoms with Crippen LogP contribution >= 0.6 is 15.9 Å². The molecular formula is C13H18BrNO2. The zero-order chi connectivity index (χ0) is 12.3. The molecule has 2 rings (SSSR count). The molecule has 0 unspecified atom stereocenters. The summed E-state index contributed by atoms with van der Waals surface area (Å²) in [6.07, 6.45) is 2.61. The quantitative estimate of drug-likeness (QED) is 0.853. The number of benzene rings is 1. The SMILES string of the molecule is COc1cc(OC)c(CN2CCCC2)cc1Br. The highest BCUT2D eigenvalue weighted by Crippen LogP contribution is 2.33. The van der Waals surface area contributed by atoms with Gasteiger partial charge in [-0.25, -0.2) is 0 Å². The van der Waals surface area contributed by atoms with Crippen molar-refractivity contribution in [1.82, 2.24) is 4.90 Å². The molecule has 1 saturated heterocycles. The summed E-state index contributed by atoms with van der Waals surface area (Å²) in [5.41, 5.74) is 1.21. The van der Waals surface area contributed by atoms with Crippen molar-refractivity contribution in [3.63, 3.8) is 0 Å². The molecule has 1 fully saturated rings. The van der Waals surface area contributed by atoms with Gasteiger partial charge in [0.15, 0.2) is 0 Å². The minimum atomic E-state index is 0.812. The molecule has 0 N–H and O–H groups in total. The molecule has 3 nitrogen and oxygen atoms in total. The number of hydrogen-bond donors (Lipinski definition) is 0. The number of hydrogen-bond acceptors (Lipinski definition) is 3. The molecule has 1 aliphatic heterocycles. The zero-order valence-electron chi connectivity index (χ0n) is 10.3. The largest absolute Gasteiger partial charge is 0.496 e. The second-order valence-electron chi connectivity index (χ2n) is 4.28. The van der Waals surface area contributed by atoms with E-state index in [0.29, 0.717) is 0 Å². The van der Waals surface area contributed by atoms with Crippen molar-refractivity contribution in [3.8, 4) is 11.5 Å². The van der Waals surface area contributed by atoms with Crippen LogP contribution in [0.3, 0.4) is 0 Å². The predicted molar refractivity (Wildman–Crippen MR) is 71.8 cm³/mol. The Kier molecular flexibility index (Phi) is 4.29. The third-order valence-corrected chi connectivity index (χ3v) is 3.77. The molecular weight excluding hydrogens is 282 g/mol. The van der Waals surface area contributed by atoms with Gasteiger partial charge >= 0.3 is 0 Å². The molecule has 1 aromatic rings. The van der Waals surface area contributed by atoms with Gasteiger partial charge in [0.25, 0.3) is 0 Å². The van der Waals surface area contributed by atoms with Gasteiger partial charge in [0.05, 0.1) is 18.7 Å². The third kappa shape index (κ3) is 2.93. The van der Waals surface area contributed by atoms with Gasteiger partial charge in [0.1, 0.15) is 11.5 Å². The van der Waals surface area contributed by atoms with E-state index >= 15 is 0 Å². The number of ether oxygens (including phenoxy) is 2. The van der Waals surface area contributed by atoms with Crippen molar-refractivity contribution in [2.24, 2.45) is 0 Å². The topological polar surface area (TPSA) is 21.7 Å². The molecule has 4 heteroatoms. The van der Waals surface area contributed by atoms with Crippen LogP contribution in [-0.4, -0.2) is 32.2 Å². The van der Waals surface area contributed by atoms with Gasteiger partial charge in [-0.2, -0.15) is 0 Å². The second kappa shape index (κ2) is 5.74. The predicted octanol–water partition coefficient (Wildman–Crippen LogP) is 3.06. The molecule has 0 saturated carbocycles. The van der Waals surface area contributed by atoms with Crippen molar-refractivity contribution >= 4 is 15.9 Å². The Hall–Kier alpha value is -0.740. The molecule has 17 heavy (non-hydrogen) atoms. The maximum atomic E-state index is 5.43. The van der Waals surface area contributed by atoms with Gasteiger partial charge in [-0.1, -0.05) is 0 Å². The average molecular weight is 300 g/mol. The van der Waals surface area contributed by atoms with Crippen LogP contribution in [0.25, 0.3) is 0 Å². The van der Waals surface area contributed by atoms with E-state index in [2.05, 4.69) is 26.9 Å². The van der Waals surface area contributed by atoms with E-state index in [9.17, 15) is 0 Å². The van der Waals surface area contributed by atoms with Crippen LogP contribution in [0.1, 0.15) is 18.4 Å². The summed E-state index contributed by atoms with van der Waals surface area (Å²) in [5.74, 6) is 1.71. The molecule has 94 valence electrons. The van der Waals surface area contributed by atoms with E-state index in [1.165, 1.54) is 31.5 Å². The van der Waals surface area contributed by atoms with Crippen LogP contribution in [0, 0.1) is 0 Å². The van der Waals surface area contributed by atoms with E-state index < -0.39 is 0 Å². The van der Waals surface area contributed by atoms with E-state index in [1.807, 2.05) is 6.07 Å². The number of nitrogens with zero attached hydrogens (tertiary/aromatic N) is 1. The highest BCUT2D eigenvalue weighted by atomic mass is 79.9. The Labute approximate surface area is 111 Å². The fourth-order valence-corrected chi connectivity index (χ4v) is 2.78. The summed E-state index contributed by atoms with van der Waals surface area (Å²) in [6.45, 7) is 3.32. The van der Waals surface area contributed by atoms with Crippen LogP contribution < -0.4 is 9.47 Å². The van der Waals surface area contributed by atoms with Gasteiger partial charge in [0.2, 0.25) is 0 Å². The average Bonchev–Trinajstić information content (AvgIpc) is 2.82. The minimum absolute atomic E-state index is 0.812. The maximum Gasteiger partial charge on any atom is 0.136 e. The Morgan fingerprint density at radius 2 is 1.76 bits per heavy atom. The fourth-order valence-electron chi connectivity index (χ4n) is 2.23. The van der Waals surface area contributed by atoms with Gasteiger partial charge in [-0.05, 0) is 47.9 Å². The Morgan fingerprint density at radius 3 is 2.35 bits per heavy atom. The standard InChI is InChI=1S/C13H18BrNO2/c1-16-12-8-13(17-2)11(14)7-10(12)9-15-5-3-4-6-15/h7-8H,3-6,9H2,1-2H3. The number of methoxy groups -OCH3 is 2. The van der Waals surface area contributed by atoms with Crippen LogP contribution in [0.2, 0.25) is 0 Å². The lowest BCUT2D eigenvalue weighted by molar-refractivity contribution is 0.319. The van der Waals surface area contributed by atoms with Gasteiger partial charge in [-0.3, -0.25) is 4.90 Å². The van der Waals surface area contributed by atoms with E-state index in [-0.39, 0.29) is 0 Å². The first-order valence-electron chi connectivity index (χ1n) is 5.87. The smallest absolute Gasteiger partial charge is 0.136 e. The molecule has 1 heterocycles. The molecule has 0 aromatic heterocycles. The third-order valence-electron chi connectivity index (χ3n) is 3.15. The summed E-state index contributed by atoms with van der Waals surface area (Å²) in [5, 5.41) is 0.